The average Bonchev–Trinajstić information content (AvgIpc) is 2.24. The number of benzene rings is 1. The summed E-state index contributed by atoms with van der Waals surface area (Å²) >= 11 is 5.94. The molecule has 4 heteroatoms. The maximum atomic E-state index is 10.8. The summed E-state index contributed by atoms with van der Waals surface area (Å²) in [4.78, 5) is 12.9. The van der Waals surface area contributed by atoms with Crippen molar-refractivity contribution in [1.29, 1.82) is 0 Å². The van der Waals surface area contributed by atoms with Crippen LogP contribution < -0.4 is 4.90 Å². The number of carbonyl (C=O) groups is 1. The quantitative estimate of drug-likeness (QED) is 0.818. The lowest BCUT2D eigenvalue weighted by atomic mass is 10.1. The first kappa shape index (κ1) is 13.6. The lowest BCUT2D eigenvalue weighted by Gasteiger charge is -2.28. The maximum Gasteiger partial charge on any atom is 0.337 e. The van der Waals surface area contributed by atoms with E-state index in [1.807, 2.05) is 0 Å². The van der Waals surface area contributed by atoms with Crippen LogP contribution in [-0.2, 0) is 0 Å². The van der Waals surface area contributed by atoms with Crippen LogP contribution in [0.25, 0.3) is 0 Å². The molecule has 0 fully saturated rings. The van der Waals surface area contributed by atoms with Crippen molar-refractivity contribution < 1.29 is 9.90 Å². The first-order chi connectivity index (χ1) is 7.97. The number of rotatable bonds is 5. The van der Waals surface area contributed by atoms with Gasteiger partial charge in [0.15, 0.2) is 0 Å². The van der Waals surface area contributed by atoms with Crippen molar-refractivity contribution in [3.8, 4) is 0 Å². The highest BCUT2D eigenvalue weighted by molar-refractivity contribution is 6.33. The minimum absolute atomic E-state index is 0.123. The molecule has 1 aromatic carbocycles. The molecule has 1 N–H and O–H groups in total. The minimum Gasteiger partial charge on any atom is -0.478 e. The van der Waals surface area contributed by atoms with Gasteiger partial charge in [0.05, 0.1) is 10.6 Å². The van der Waals surface area contributed by atoms with E-state index in [-0.39, 0.29) is 10.6 Å². The molecular weight excluding hydrogens is 238 g/mol. The second-order valence-electron chi connectivity index (χ2n) is 4.00. The number of halogens is 1. The van der Waals surface area contributed by atoms with Crippen molar-refractivity contribution in [2.75, 3.05) is 11.4 Å². The molecule has 0 amide bonds. The standard InChI is InChI=1S/C13H16ClNO2/c1-4-7-15(9(2)3)10-5-6-11(13(16)17)12(14)8-10/h4-6,8-9H,1,7H2,2-3H3,(H,16,17). The molecule has 0 radical (unpaired) electrons. The molecule has 3 nitrogen and oxygen atoms in total. The van der Waals surface area contributed by atoms with Crippen molar-refractivity contribution in [2.45, 2.75) is 19.9 Å². The molecule has 0 aliphatic heterocycles. The predicted molar refractivity (Wildman–Crippen MR) is 71.1 cm³/mol. The fourth-order valence-electron chi connectivity index (χ4n) is 1.61. The summed E-state index contributed by atoms with van der Waals surface area (Å²) < 4.78 is 0. The molecule has 0 unspecified atom stereocenters. The summed E-state index contributed by atoms with van der Waals surface area (Å²) in [7, 11) is 0. The van der Waals surface area contributed by atoms with Gasteiger partial charge < -0.3 is 10.0 Å². The fraction of sp³-hybridized carbons (Fsp3) is 0.308. The van der Waals surface area contributed by atoms with Gasteiger partial charge in [0.25, 0.3) is 0 Å². The molecule has 92 valence electrons. The van der Waals surface area contributed by atoms with E-state index in [1.165, 1.54) is 6.07 Å². The Hall–Kier alpha value is -1.48. The van der Waals surface area contributed by atoms with Gasteiger partial charge >= 0.3 is 5.97 Å². The molecule has 0 heterocycles. The zero-order chi connectivity index (χ0) is 13.0. The lowest BCUT2D eigenvalue weighted by Crippen LogP contribution is -2.30. The number of anilines is 1. The predicted octanol–water partition coefficient (Wildman–Crippen LogP) is 3.44. The maximum absolute atomic E-state index is 10.8. The van der Waals surface area contributed by atoms with Gasteiger partial charge in [-0.2, -0.15) is 0 Å². The molecule has 0 aliphatic carbocycles. The number of aromatic carboxylic acids is 1. The molecule has 0 saturated heterocycles. The van der Waals surface area contributed by atoms with E-state index in [2.05, 4.69) is 25.3 Å². The number of carboxylic acid groups (broad SMARTS) is 1. The smallest absolute Gasteiger partial charge is 0.337 e. The summed E-state index contributed by atoms with van der Waals surface area (Å²) in [5, 5.41) is 9.15. The third-order valence-electron chi connectivity index (χ3n) is 2.46. The third-order valence-corrected chi connectivity index (χ3v) is 2.78. The molecule has 0 aromatic heterocycles. The Balaban J connectivity index is 3.10. The number of hydrogen-bond donors (Lipinski definition) is 1. The van der Waals surface area contributed by atoms with Crippen molar-refractivity contribution in [2.24, 2.45) is 0 Å². The SMILES string of the molecule is C=CCN(c1ccc(C(=O)O)c(Cl)c1)C(C)C. The number of hydrogen-bond acceptors (Lipinski definition) is 2. The first-order valence-corrected chi connectivity index (χ1v) is 5.75. The molecule has 17 heavy (non-hydrogen) atoms. The van der Waals surface area contributed by atoms with E-state index in [4.69, 9.17) is 16.7 Å². The Morgan fingerprint density at radius 2 is 2.24 bits per heavy atom. The van der Waals surface area contributed by atoms with E-state index in [0.29, 0.717) is 12.6 Å². The van der Waals surface area contributed by atoms with Crippen molar-refractivity contribution in [3.63, 3.8) is 0 Å². The van der Waals surface area contributed by atoms with Gasteiger partial charge in [-0.1, -0.05) is 17.7 Å². The van der Waals surface area contributed by atoms with Crippen LogP contribution in [-0.4, -0.2) is 23.7 Å². The van der Waals surface area contributed by atoms with Crippen LogP contribution in [0.5, 0.6) is 0 Å². The highest BCUT2D eigenvalue weighted by Gasteiger charge is 2.13. The van der Waals surface area contributed by atoms with Gasteiger partial charge in [-0.25, -0.2) is 4.79 Å². The minimum atomic E-state index is -1.01. The van der Waals surface area contributed by atoms with Gasteiger partial charge in [0.2, 0.25) is 0 Å². The van der Waals surface area contributed by atoms with Crippen molar-refractivity contribution in [1.82, 2.24) is 0 Å². The van der Waals surface area contributed by atoms with E-state index in [1.54, 1.807) is 18.2 Å². The number of nitrogens with zero attached hydrogens (tertiary/aromatic N) is 1. The Kier molecular flexibility index (Phi) is 4.58. The van der Waals surface area contributed by atoms with Crippen molar-refractivity contribution in [3.05, 3.63) is 41.4 Å². The summed E-state index contributed by atoms with van der Waals surface area (Å²) in [6, 6.07) is 5.26. The lowest BCUT2D eigenvalue weighted by molar-refractivity contribution is 0.0697. The number of carboxylic acids is 1. The van der Waals surface area contributed by atoms with E-state index in [9.17, 15) is 4.79 Å². The summed E-state index contributed by atoms with van der Waals surface area (Å²) in [6.45, 7) is 8.52. The monoisotopic (exact) mass is 253 g/mol. The summed E-state index contributed by atoms with van der Waals surface area (Å²) in [5.41, 5.74) is 1.02. The van der Waals surface area contributed by atoms with Crippen LogP contribution in [0.2, 0.25) is 5.02 Å². The molecule has 0 bridgehead atoms. The molecular formula is C13H16ClNO2. The topological polar surface area (TPSA) is 40.5 Å². The van der Waals surface area contributed by atoms with E-state index >= 15 is 0 Å². The molecule has 0 saturated carbocycles. The van der Waals surface area contributed by atoms with Gasteiger partial charge in [-0.05, 0) is 32.0 Å². The van der Waals surface area contributed by atoms with Crippen LogP contribution in [0.3, 0.4) is 0 Å². The van der Waals surface area contributed by atoms with E-state index in [0.717, 1.165) is 5.69 Å². The Morgan fingerprint density at radius 1 is 1.59 bits per heavy atom. The second kappa shape index (κ2) is 5.73. The van der Waals surface area contributed by atoms with Gasteiger partial charge in [0.1, 0.15) is 0 Å². The molecule has 0 aliphatic rings. The highest BCUT2D eigenvalue weighted by atomic mass is 35.5. The van der Waals surface area contributed by atoms with Crippen LogP contribution in [0.4, 0.5) is 5.69 Å². The average molecular weight is 254 g/mol. The van der Waals surface area contributed by atoms with E-state index < -0.39 is 5.97 Å². The molecule has 0 spiro atoms. The normalized spacial score (nSPS) is 10.4. The van der Waals surface area contributed by atoms with Crippen LogP contribution in [0.1, 0.15) is 24.2 Å². The molecule has 1 aromatic rings. The zero-order valence-corrected chi connectivity index (χ0v) is 10.7. The van der Waals surface area contributed by atoms with Crippen LogP contribution in [0, 0.1) is 0 Å². The zero-order valence-electron chi connectivity index (χ0n) is 9.98. The molecule has 1 rings (SSSR count). The van der Waals surface area contributed by atoms with Gasteiger partial charge in [-0.15, -0.1) is 6.58 Å². The van der Waals surface area contributed by atoms with Crippen molar-refractivity contribution >= 4 is 23.3 Å². The Morgan fingerprint density at radius 3 is 2.65 bits per heavy atom. The first-order valence-electron chi connectivity index (χ1n) is 5.37. The molecule has 0 atom stereocenters. The van der Waals surface area contributed by atoms with Crippen LogP contribution in [0.15, 0.2) is 30.9 Å². The third kappa shape index (κ3) is 3.24. The Bertz CT molecular complexity index is 429. The fourth-order valence-corrected chi connectivity index (χ4v) is 1.87. The summed E-state index contributed by atoms with van der Waals surface area (Å²) in [6.07, 6.45) is 1.80. The highest BCUT2D eigenvalue weighted by Crippen LogP contribution is 2.25. The van der Waals surface area contributed by atoms with Gasteiger partial charge in [-0.3, -0.25) is 0 Å². The van der Waals surface area contributed by atoms with Gasteiger partial charge in [0, 0.05) is 18.3 Å². The van der Waals surface area contributed by atoms with Crippen LogP contribution >= 0.6 is 11.6 Å². The second-order valence-corrected chi connectivity index (χ2v) is 4.41. The summed E-state index contributed by atoms with van der Waals surface area (Å²) in [5.74, 6) is -1.01. The Labute approximate surface area is 106 Å². The largest absolute Gasteiger partial charge is 0.478 e.